The molecule has 27 heavy (non-hydrogen) atoms. The summed E-state index contributed by atoms with van der Waals surface area (Å²) >= 11 is 7.98. The van der Waals surface area contributed by atoms with E-state index in [2.05, 4.69) is 5.32 Å². The lowest BCUT2D eigenvalue weighted by atomic mass is 10.0. The van der Waals surface area contributed by atoms with E-state index >= 15 is 0 Å². The predicted molar refractivity (Wildman–Crippen MR) is 114 cm³/mol. The SMILES string of the molecule is O=C(NCCSCc1ccco1)/C(=C/c1ccccc1Cl)c1ccccc1. The lowest BCUT2D eigenvalue weighted by Crippen LogP contribution is -2.26. The van der Waals surface area contributed by atoms with E-state index in [0.717, 1.165) is 28.4 Å². The van der Waals surface area contributed by atoms with Crippen LogP contribution >= 0.6 is 23.4 Å². The van der Waals surface area contributed by atoms with Gasteiger partial charge in [0.05, 0.1) is 12.0 Å². The van der Waals surface area contributed by atoms with E-state index in [1.54, 1.807) is 18.0 Å². The van der Waals surface area contributed by atoms with E-state index in [4.69, 9.17) is 16.0 Å². The van der Waals surface area contributed by atoms with Crippen molar-refractivity contribution in [2.24, 2.45) is 0 Å². The molecular weight excluding hydrogens is 378 g/mol. The molecule has 0 saturated heterocycles. The van der Waals surface area contributed by atoms with Crippen LogP contribution in [0.1, 0.15) is 16.9 Å². The zero-order chi connectivity index (χ0) is 18.9. The number of furan rings is 1. The first-order valence-electron chi connectivity index (χ1n) is 8.64. The van der Waals surface area contributed by atoms with Crippen molar-refractivity contribution in [3.63, 3.8) is 0 Å². The zero-order valence-electron chi connectivity index (χ0n) is 14.7. The highest BCUT2D eigenvalue weighted by Gasteiger charge is 2.12. The lowest BCUT2D eigenvalue weighted by molar-refractivity contribution is -0.115. The summed E-state index contributed by atoms with van der Waals surface area (Å²) in [5.41, 5.74) is 2.28. The van der Waals surface area contributed by atoms with Crippen molar-refractivity contribution < 1.29 is 9.21 Å². The maximum atomic E-state index is 12.8. The normalized spacial score (nSPS) is 11.4. The number of hydrogen-bond donors (Lipinski definition) is 1. The van der Waals surface area contributed by atoms with Gasteiger partial charge in [0.1, 0.15) is 5.76 Å². The van der Waals surface area contributed by atoms with Crippen molar-refractivity contribution in [1.29, 1.82) is 0 Å². The van der Waals surface area contributed by atoms with Crippen LogP contribution in [0.5, 0.6) is 0 Å². The minimum atomic E-state index is -0.111. The number of nitrogens with one attached hydrogen (secondary N) is 1. The highest BCUT2D eigenvalue weighted by Crippen LogP contribution is 2.23. The monoisotopic (exact) mass is 397 g/mol. The van der Waals surface area contributed by atoms with E-state index in [1.807, 2.05) is 72.8 Å². The van der Waals surface area contributed by atoms with Crippen molar-refractivity contribution in [3.8, 4) is 0 Å². The second-order valence-electron chi connectivity index (χ2n) is 5.83. The Morgan fingerprint density at radius 1 is 1.04 bits per heavy atom. The summed E-state index contributed by atoms with van der Waals surface area (Å²) in [6.45, 7) is 0.580. The fourth-order valence-electron chi connectivity index (χ4n) is 2.54. The molecule has 1 amide bonds. The molecular formula is C22H20ClNO2S. The highest BCUT2D eigenvalue weighted by atomic mass is 35.5. The van der Waals surface area contributed by atoms with Gasteiger partial charge < -0.3 is 9.73 Å². The molecule has 0 radical (unpaired) electrons. The molecule has 5 heteroatoms. The van der Waals surface area contributed by atoms with Gasteiger partial charge >= 0.3 is 0 Å². The van der Waals surface area contributed by atoms with Crippen LogP contribution in [0.4, 0.5) is 0 Å². The largest absolute Gasteiger partial charge is 0.468 e. The van der Waals surface area contributed by atoms with Crippen LogP contribution < -0.4 is 5.32 Å². The predicted octanol–water partition coefficient (Wildman–Crippen LogP) is 5.52. The standard InChI is InChI=1S/C22H20ClNO2S/c23-21-11-5-4-9-18(21)15-20(17-7-2-1-3-8-17)22(25)24-12-14-27-16-19-10-6-13-26-19/h1-11,13,15H,12,14,16H2,(H,24,25)/b20-15+. The average molecular weight is 398 g/mol. The molecule has 3 aromatic rings. The fourth-order valence-corrected chi connectivity index (χ4v) is 3.49. The molecule has 0 aliphatic heterocycles. The molecule has 138 valence electrons. The van der Waals surface area contributed by atoms with Gasteiger partial charge in [0.25, 0.3) is 5.91 Å². The summed E-state index contributed by atoms with van der Waals surface area (Å²) < 4.78 is 5.31. The summed E-state index contributed by atoms with van der Waals surface area (Å²) in [7, 11) is 0. The number of carbonyl (C=O) groups excluding carboxylic acids is 1. The number of thioether (sulfide) groups is 1. The van der Waals surface area contributed by atoms with Gasteiger partial charge in [-0.2, -0.15) is 11.8 Å². The van der Waals surface area contributed by atoms with E-state index in [1.165, 1.54) is 0 Å². The summed E-state index contributed by atoms with van der Waals surface area (Å²) in [5.74, 6) is 2.43. The third-order valence-electron chi connectivity index (χ3n) is 3.89. The van der Waals surface area contributed by atoms with E-state index < -0.39 is 0 Å². The molecule has 0 bridgehead atoms. The molecule has 0 spiro atoms. The Balaban J connectivity index is 1.65. The Bertz CT molecular complexity index is 892. The van der Waals surface area contributed by atoms with Gasteiger partial charge in [-0.1, -0.05) is 60.1 Å². The number of amides is 1. The Morgan fingerprint density at radius 3 is 2.56 bits per heavy atom. The van der Waals surface area contributed by atoms with Crippen LogP contribution in [0, 0.1) is 0 Å². The molecule has 0 fully saturated rings. The summed E-state index contributed by atoms with van der Waals surface area (Å²) in [4.78, 5) is 12.8. The molecule has 0 atom stereocenters. The van der Waals surface area contributed by atoms with E-state index in [0.29, 0.717) is 17.1 Å². The van der Waals surface area contributed by atoms with Gasteiger partial charge in [-0.3, -0.25) is 4.79 Å². The van der Waals surface area contributed by atoms with Crippen LogP contribution in [0.2, 0.25) is 5.02 Å². The Morgan fingerprint density at radius 2 is 1.81 bits per heavy atom. The van der Waals surface area contributed by atoms with E-state index in [9.17, 15) is 4.79 Å². The summed E-state index contributed by atoms with van der Waals surface area (Å²) in [6, 6.07) is 20.9. The van der Waals surface area contributed by atoms with E-state index in [-0.39, 0.29) is 5.91 Å². The number of halogens is 1. The fraction of sp³-hybridized carbons (Fsp3) is 0.136. The highest BCUT2D eigenvalue weighted by molar-refractivity contribution is 7.98. The zero-order valence-corrected chi connectivity index (χ0v) is 16.3. The number of hydrogen-bond acceptors (Lipinski definition) is 3. The number of carbonyl (C=O) groups is 1. The minimum absolute atomic E-state index is 0.111. The van der Waals surface area contributed by atoms with Gasteiger partial charge in [0.2, 0.25) is 0 Å². The first kappa shape index (κ1) is 19.3. The van der Waals surface area contributed by atoms with Crippen LogP contribution in [-0.4, -0.2) is 18.2 Å². The molecule has 0 aliphatic rings. The van der Waals surface area contributed by atoms with Crippen molar-refractivity contribution >= 4 is 40.9 Å². The Labute approximate surface area is 168 Å². The molecule has 1 heterocycles. The third kappa shape index (κ3) is 5.78. The molecule has 0 unspecified atom stereocenters. The second kappa shape index (κ2) is 10.0. The Hall–Kier alpha value is -2.43. The summed E-state index contributed by atoms with van der Waals surface area (Å²) in [5, 5.41) is 3.62. The topological polar surface area (TPSA) is 42.2 Å². The third-order valence-corrected chi connectivity index (χ3v) is 5.22. The van der Waals surface area contributed by atoms with Crippen molar-refractivity contribution in [3.05, 3.63) is 94.9 Å². The van der Waals surface area contributed by atoms with Crippen LogP contribution in [-0.2, 0) is 10.5 Å². The molecule has 1 N–H and O–H groups in total. The van der Waals surface area contributed by atoms with Gasteiger partial charge in [-0.05, 0) is 35.4 Å². The number of rotatable bonds is 8. The molecule has 0 saturated carbocycles. The second-order valence-corrected chi connectivity index (χ2v) is 7.35. The van der Waals surface area contributed by atoms with Gasteiger partial charge in [-0.25, -0.2) is 0 Å². The maximum Gasteiger partial charge on any atom is 0.251 e. The van der Waals surface area contributed by atoms with Crippen LogP contribution in [0.25, 0.3) is 11.6 Å². The molecule has 3 nitrogen and oxygen atoms in total. The van der Waals surface area contributed by atoms with Crippen molar-refractivity contribution in [2.45, 2.75) is 5.75 Å². The minimum Gasteiger partial charge on any atom is -0.468 e. The van der Waals surface area contributed by atoms with Crippen molar-refractivity contribution in [2.75, 3.05) is 12.3 Å². The smallest absolute Gasteiger partial charge is 0.251 e. The lowest BCUT2D eigenvalue weighted by Gasteiger charge is -2.10. The first-order valence-corrected chi connectivity index (χ1v) is 10.2. The van der Waals surface area contributed by atoms with Gasteiger partial charge in [-0.15, -0.1) is 0 Å². The van der Waals surface area contributed by atoms with Crippen LogP contribution in [0.3, 0.4) is 0 Å². The van der Waals surface area contributed by atoms with Crippen LogP contribution in [0.15, 0.2) is 77.4 Å². The van der Waals surface area contributed by atoms with Gasteiger partial charge in [0, 0.05) is 22.9 Å². The Kier molecular flexibility index (Phi) is 7.19. The number of benzene rings is 2. The molecule has 0 aliphatic carbocycles. The first-order chi connectivity index (χ1) is 13.2. The van der Waals surface area contributed by atoms with Crippen molar-refractivity contribution in [1.82, 2.24) is 5.32 Å². The average Bonchev–Trinajstić information content (AvgIpc) is 3.21. The molecule has 3 rings (SSSR count). The molecule has 1 aromatic heterocycles. The maximum absolute atomic E-state index is 12.8. The quantitative estimate of drug-likeness (QED) is 0.309. The summed E-state index contributed by atoms with van der Waals surface area (Å²) in [6.07, 6.45) is 3.51. The van der Waals surface area contributed by atoms with Gasteiger partial charge in [0.15, 0.2) is 0 Å². The molecule has 2 aromatic carbocycles.